The van der Waals surface area contributed by atoms with Gasteiger partial charge in [-0.2, -0.15) is 0 Å². The van der Waals surface area contributed by atoms with Crippen LogP contribution < -0.4 is 0 Å². The van der Waals surface area contributed by atoms with Crippen molar-refractivity contribution in [2.45, 2.75) is 69.7 Å². The maximum atomic E-state index is 11.7. The highest BCUT2D eigenvalue weighted by molar-refractivity contribution is 6.44. The van der Waals surface area contributed by atoms with Crippen molar-refractivity contribution >= 4 is 35.1 Å². The Morgan fingerprint density at radius 2 is 1.77 bits per heavy atom. The van der Waals surface area contributed by atoms with Gasteiger partial charge in [0.15, 0.2) is 0 Å². The first-order valence-corrected chi connectivity index (χ1v) is 8.45. The van der Waals surface area contributed by atoms with Gasteiger partial charge in [-0.05, 0) is 19.3 Å². The van der Waals surface area contributed by atoms with Crippen LogP contribution in [0.5, 0.6) is 0 Å². The molecule has 1 atom stereocenters. The van der Waals surface area contributed by atoms with Gasteiger partial charge in [-0.1, -0.05) is 19.8 Å². The highest BCUT2D eigenvalue weighted by atomic mass is 35.5. The molecule has 0 saturated heterocycles. The highest BCUT2D eigenvalue weighted by Gasteiger charge is 2.13. The fourth-order valence-electron chi connectivity index (χ4n) is 1.52. The van der Waals surface area contributed by atoms with Gasteiger partial charge in [0.05, 0.1) is 0 Å². The summed E-state index contributed by atoms with van der Waals surface area (Å²) in [6, 6.07) is 0. The van der Waals surface area contributed by atoms with E-state index in [1.807, 2.05) is 6.92 Å². The summed E-state index contributed by atoms with van der Waals surface area (Å²) >= 11 is 10.9. The molecule has 0 aliphatic rings. The molecule has 0 aliphatic carbocycles. The number of hydrogen-bond acceptors (Lipinski definition) is 4. The van der Waals surface area contributed by atoms with Gasteiger partial charge in [0.2, 0.25) is 0 Å². The van der Waals surface area contributed by atoms with E-state index in [1.165, 1.54) is 0 Å². The first-order chi connectivity index (χ1) is 10.5. The molecule has 0 N–H and O–H groups in total. The lowest BCUT2D eigenvalue weighted by Crippen LogP contribution is -2.17. The Kier molecular flexibility index (Phi) is 13.1. The maximum absolute atomic E-state index is 11.7. The van der Waals surface area contributed by atoms with Crippen LogP contribution >= 0.6 is 23.2 Å². The fourth-order valence-corrected chi connectivity index (χ4v) is 1.64. The second-order valence-electron chi connectivity index (χ2n) is 4.76. The smallest absolute Gasteiger partial charge is 0.306 e. The van der Waals surface area contributed by atoms with Crippen LogP contribution in [-0.2, 0) is 19.1 Å². The Hall–Kier alpha value is -0.920. The summed E-state index contributed by atoms with van der Waals surface area (Å²) in [5.74, 6) is 5.31. The summed E-state index contributed by atoms with van der Waals surface area (Å²) in [6.45, 7) is 3.98. The third-order valence-electron chi connectivity index (χ3n) is 2.72. The van der Waals surface area contributed by atoms with E-state index in [0.29, 0.717) is 12.8 Å². The molecule has 0 fully saturated rings. The van der Waals surface area contributed by atoms with Crippen molar-refractivity contribution in [1.82, 2.24) is 0 Å². The molecule has 0 amide bonds. The van der Waals surface area contributed by atoms with Crippen LogP contribution in [0.3, 0.4) is 0 Å². The molecule has 6 heteroatoms. The first kappa shape index (κ1) is 21.1. The van der Waals surface area contributed by atoms with E-state index in [4.69, 9.17) is 32.7 Å². The number of rotatable bonds is 10. The normalized spacial score (nSPS) is 11.5. The predicted molar refractivity (Wildman–Crippen MR) is 87.8 cm³/mol. The molecule has 0 rings (SSSR count). The predicted octanol–water partition coefficient (Wildman–Crippen LogP) is 4.02. The molecule has 0 aromatic rings. The largest absolute Gasteiger partial charge is 0.463 e. The van der Waals surface area contributed by atoms with Crippen LogP contribution in [0.15, 0.2) is 0 Å². The zero-order valence-corrected chi connectivity index (χ0v) is 14.7. The van der Waals surface area contributed by atoms with E-state index in [1.54, 1.807) is 0 Å². The molecule has 0 heterocycles. The number of alkyl halides is 2. The highest BCUT2D eigenvalue weighted by Crippen LogP contribution is 2.08. The summed E-state index contributed by atoms with van der Waals surface area (Å²) < 4.78 is 10.1. The van der Waals surface area contributed by atoms with E-state index in [2.05, 4.69) is 18.8 Å². The fraction of sp³-hybridized carbons (Fsp3) is 0.750. The topological polar surface area (TPSA) is 52.6 Å². The number of esters is 2. The molecule has 0 aliphatic heterocycles. The van der Waals surface area contributed by atoms with Crippen LogP contribution in [0.2, 0.25) is 0 Å². The van der Waals surface area contributed by atoms with E-state index in [0.717, 1.165) is 19.3 Å². The van der Waals surface area contributed by atoms with Crippen molar-refractivity contribution in [3.63, 3.8) is 0 Å². The molecule has 22 heavy (non-hydrogen) atoms. The minimum Gasteiger partial charge on any atom is -0.463 e. The molecule has 0 saturated carbocycles. The number of halogens is 2. The molecule has 1 unspecified atom stereocenters. The van der Waals surface area contributed by atoms with Gasteiger partial charge < -0.3 is 9.47 Å². The Bertz CT molecular complexity index is 385. The summed E-state index contributed by atoms with van der Waals surface area (Å²) in [7, 11) is 0. The van der Waals surface area contributed by atoms with Crippen LogP contribution in [0.4, 0.5) is 0 Å². The van der Waals surface area contributed by atoms with E-state index >= 15 is 0 Å². The summed E-state index contributed by atoms with van der Waals surface area (Å²) in [5.41, 5.74) is 0. The number of hydrogen-bond donors (Lipinski definition) is 0. The average molecular weight is 351 g/mol. The standard InChI is InChI=1S/C16H24Cl2O4/c1-3-5-6-7-9-13(4-2)22-16(20)11-8-10-15(19)21-12-14(17)18/h13-14H,3-5,8-12H2,1-2H3. The average Bonchev–Trinajstić information content (AvgIpc) is 2.48. The molecule has 0 spiro atoms. The van der Waals surface area contributed by atoms with Gasteiger partial charge in [0, 0.05) is 25.7 Å². The number of carbonyl (C=O) groups is 2. The summed E-state index contributed by atoms with van der Waals surface area (Å²) in [6.07, 6.45) is 3.67. The lowest BCUT2D eigenvalue weighted by molar-refractivity contribution is -0.149. The number of carbonyl (C=O) groups excluding carboxylic acids is 2. The SMILES string of the molecule is CCCC#CCC(CC)OC(=O)CCCC(=O)OCC(Cl)Cl. The molecule has 0 aromatic heterocycles. The second-order valence-corrected chi connectivity index (χ2v) is 6.03. The quantitative estimate of drug-likeness (QED) is 0.339. The van der Waals surface area contributed by atoms with Crippen molar-refractivity contribution in [2.75, 3.05) is 6.61 Å². The lowest BCUT2D eigenvalue weighted by atomic mass is 10.2. The molecule has 0 aromatic carbocycles. The van der Waals surface area contributed by atoms with Gasteiger partial charge in [-0.3, -0.25) is 9.59 Å². The van der Waals surface area contributed by atoms with Crippen molar-refractivity contribution in [3.05, 3.63) is 0 Å². The van der Waals surface area contributed by atoms with E-state index in [9.17, 15) is 9.59 Å². The number of unbranched alkanes of at least 4 members (excludes halogenated alkanes) is 1. The Labute approximate surface area is 142 Å². The van der Waals surface area contributed by atoms with Crippen LogP contribution in [0, 0.1) is 11.8 Å². The van der Waals surface area contributed by atoms with Gasteiger partial charge >= 0.3 is 11.9 Å². The lowest BCUT2D eigenvalue weighted by Gasteiger charge is -2.13. The van der Waals surface area contributed by atoms with E-state index in [-0.39, 0.29) is 31.5 Å². The minimum atomic E-state index is -0.729. The van der Waals surface area contributed by atoms with Crippen molar-refractivity contribution in [2.24, 2.45) is 0 Å². The number of ether oxygens (including phenoxy) is 2. The first-order valence-electron chi connectivity index (χ1n) is 7.58. The Morgan fingerprint density at radius 1 is 1.09 bits per heavy atom. The Morgan fingerprint density at radius 3 is 2.36 bits per heavy atom. The van der Waals surface area contributed by atoms with Crippen molar-refractivity contribution < 1.29 is 19.1 Å². The summed E-state index contributed by atoms with van der Waals surface area (Å²) in [4.78, 5) is 22.3. The maximum Gasteiger partial charge on any atom is 0.306 e. The third-order valence-corrected chi connectivity index (χ3v) is 2.97. The zero-order chi connectivity index (χ0) is 16.8. The molecule has 0 radical (unpaired) electrons. The van der Waals surface area contributed by atoms with Gasteiger partial charge in [0.25, 0.3) is 0 Å². The second kappa shape index (κ2) is 13.7. The van der Waals surface area contributed by atoms with Gasteiger partial charge in [0.1, 0.15) is 17.5 Å². The monoisotopic (exact) mass is 350 g/mol. The van der Waals surface area contributed by atoms with Gasteiger partial charge in [-0.15, -0.1) is 29.1 Å². The van der Waals surface area contributed by atoms with Crippen LogP contribution in [-0.4, -0.2) is 29.5 Å². The third kappa shape index (κ3) is 12.8. The molecule has 0 bridgehead atoms. The van der Waals surface area contributed by atoms with Crippen molar-refractivity contribution in [1.29, 1.82) is 0 Å². The summed E-state index contributed by atoms with van der Waals surface area (Å²) in [5, 5.41) is 0. The van der Waals surface area contributed by atoms with Crippen LogP contribution in [0.1, 0.15) is 58.8 Å². The zero-order valence-electron chi connectivity index (χ0n) is 13.2. The molecular weight excluding hydrogens is 327 g/mol. The van der Waals surface area contributed by atoms with Gasteiger partial charge in [-0.25, -0.2) is 0 Å². The van der Waals surface area contributed by atoms with Crippen LogP contribution in [0.25, 0.3) is 0 Å². The van der Waals surface area contributed by atoms with Crippen molar-refractivity contribution in [3.8, 4) is 11.8 Å². The molecule has 4 nitrogen and oxygen atoms in total. The van der Waals surface area contributed by atoms with E-state index < -0.39 is 10.8 Å². The molecular formula is C16H24Cl2O4. The Balaban J connectivity index is 3.87. The minimum absolute atomic E-state index is 0.0409. The molecule has 126 valence electrons.